The number of likely N-dealkylation sites (tertiary alicyclic amines) is 1. The molecule has 0 bridgehead atoms. The van der Waals surface area contributed by atoms with E-state index in [1.54, 1.807) is 7.05 Å². The van der Waals surface area contributed by atoms with Gasteiger partial charge in [0.2, 0.25) is 5.91 Å². The highest BCUT2D eigenvalue weighted by molar-refractivity contribution is 6.07. The summed E-state index contributed by atoms with van der Waals surface area (Å²) in [7, 11) is 1.71. The molecule has 2 saturated heterocycles. The van der Waals surface area contributed by atoms with E-state index >= 15 is 0 Å². The number of likely N-dealkylation sites (N-methyl/N-ethyl adjacent to an activating group) is 1. The van der Waals surface area contributed by atoms with Crippen molar-refractivity contribution in [3.8, 4) is 0 Å². The summed E-state index contributed by atoms with van der Waals surface area (Å²) in [6, 6.07) is 0. The molecule has 29 heavy (non-hydrogen) atoms. The molecule has 2 amide bonds. The number of amides is 2. The van der Waals surface area contributed by atoms with Crippen molar-refractivity contribution >= 4 is 17.8 Å². The van der Waals surface area contributed by atoms with Crippen molar-refractivity contribution in [3.05, 3.63) is 0 Å². The smallest absolute Gasteiger partial charge is 0.254 e. The summed E-state index contributed by atoms with van der Waals surface area (Å²) in [5.41, 5.74) is -0.639. The molecular formula is C23H38N4O2. The average Bonchev–Trinajstić information content (AvgIpc) is 3.46. The normalized spacial score (nSPS) is 31.7. The van der Waals surface area contributed by atoms with Gasteiger partial charge < -0.3 is 10.2 Å². The van der Waals surface area contributed by atoms with Gasteiger partial charge in [-0.2, -0.15) is 0 Å². The summed E-state index contributed by atoms with van der Waals surface area (Å²) in [6.07, 6.45) is 14.6. The molecule has 0 spiro atoms. The summed E-state index contributed by atoms with van der Waals surface area (Å²) in [5.74, 6) is 1.94. The maximum atomic E-state index is 13.2. The number of carbonyl (C=O) groups is 2. The summed E-state index contributed by atoms with van der Waals surface area (Å²) in [4.78, 5) is 29.5. The predicted molar refractivity (Wildman–Crippen MR) is 113 cm³/mol. The lowest BCUT2D eigenvalue weighted by Crippen LogP contribution is -2.49. The summed E-state index contributed by atoms with van der Waals surface area (Å²) < 4.78 is 0. The number of carbonyl (C=O) groups excluding carboxylic acids is 2. The van der Waals surface area contributed by atoms with E-state index in [2.05, 4.69) is 10.2 Å². The minimum atomic E-state index is -0.639. The van der Waals surface area contributed by atoms with Crippen molar-refractivity contribution in [2.24, 2.45) is 17.8 Å². The lowest BCUT2D eigenvalue weighted by atomic mass is 9.78. The minimum Gasteiger partial charge on any atom is -0.342 e. The Morgan fingerprint density at radius 1 is 1.07 bits per heavy atom. The summed E-state index contributed by atoms with van der Waals surface area (Å²) in [5, 5.41) is 11.5. The lowest BCUT2D eigenvalue weighted by Gasteiger charge is -2.32. The molecule has 162 valence electrons. The molecule has 0 aromatic carbocycles. The number of hydrogen-bond acceptors (Lipinski definition) is 3. The molecule has 4 fully saturated rings. The Morgan fingerprint density at radius 2 is 1.76 bits per heavy atom. The zero-order valence-electron chi connectivity index (χ0n) is 18.0. The third-order valence-electron chi connectivity index (χ3n) is 8.05. The Labute approximate surface area is 175 Å². The van der Waals surface area contributed by atoms with Gasteiger partial charge in [0.05, 0.1) is 0 Å². The molecule has 4 aliphatic rings. The van der Waals surface area contributed by atoms with E-state index in [9.17, 15) is 9.59 Å². The van der Waals surface area contributed by atoms with E-state index < -0.39 is 5.54 Å². The van der Waals surface area contributed by atoms with Gasteiger partial charge in [0.15, 0.2) is 5.96 Å². The van der Waals surface area contributed by atoms with Crippen molar-refractivity contribution < 1.29 is 9.59 Å². The molecule has 2 aliphatic carbocycles. The van der Waals surface area contributed by atoms with Crippen molar-refractivity contribution in [1.82, 2.24) is 15.1 Å². The first-order chi connectivity index (χ1) is 14.0. The van der Waals surface area contributed by atoms with Gasteiger partial charge in [-0.05, 0) is 50.4 Å². The minimum absolute atomic E-state index is 0.0545. The van der Waals surface area contributed by atoms with E-state index in [-0.39, 0.29) is 17.8 Å². The van der Waals surface area contributed by atoms with Crippen LogP contribution in [0.2, 0.25) is 0 Å². The van der Waals surface area contributed by atoms with Crippen LogP contribution in [0.5, 0.6) is 0 Å². The molecule has 6 nitrogen and oxygen atoms in total. The van der Waals surface area contributed by atoms with Gasteiger partial charge >= 0.3 is 0 Å². The average molecular weight is 403 g/mol. The lowest BCUT2D eigenvalue weighted by molar-refractivity contribution is -0.134. The van der Waals surface area contributed by atoms with E-state index in [4.69, 9.17) is 5.41 Å². The Hall–Kier alpha value is -1.59. The third kappa shape index (κ3) is 4.31. The van der Waals surface area contributed by atoms with Gasteiger partial charge in [-0.1, -0.05) is 44.9 Å². The fourth-order valence-corrected chi connectivity index (χ4v) is 6.25. The Morgan fingerprint density at radius 3 is 2.41 bits per heavy atom. The SMILES string of the molecule is CN1C(=N)N[C@@](CCC2CCCCC2)(C[C@@H]2CCN(C(=O)C3CCCC3)C2)C1=O. The van der Waals surface area contributed by atoms with E-state index in [1.807, 2.05) is 0 Å². The zero-order valence-corrected chi connectivity index (χ0v) is 18.0. The summed E-state index contributed by atoms with van der Waals surface area (Å²) >= 11 is 0. The Bertz CT molecular complexity index is 639. The fraction of sp³-hybridized carbons (Fsp3) is 0.870. The number of nitrogens with one attached hydrogen (secondary N) is 2. The molecule has 2 heterocycles. The molecule has 0 aromatic heterocycles. The molecule has 2 N–H and O–H groups in total. The molecule has 0 radical (unpaired) electrons. The first kappa shape index (κ1) is 20.7. The maximum absolute atomic E-state index is 13.2. The van der Waals surface area contributed by atoms with Crippen LogP contribution in [0.3, 0.4) is 0 Å². The second kappa shape index (κ2) is 8.65. The van der Waals surface area contributed by atoms with Crippen molar-refractivity contribution in [3.63, 3.8) is 0 Å². The van der Waals surface area contributed by atoms with Crippen LogP contribution in [0.4, 0.5) is 0 Å². The highest BCUT2D eigenvalue weighted by atomic mass is 16.2. The highest BCUT2D eigenvalue weighted by Crippen LogP contribution is 2.37. The van der Waals surface area contributed by atoms with Crippen LogP contribution in [0, 0.1) is 23.2 Å². The van der Waals surface area contributed by atoms with Crippen LogP contribution >= 0.6 is 0 Å². The summed E-state index contributed by atoms with van der Waals surface area (Å²) in [6.45, 7) is 1.62. The molecular weight excluding hydrogens is 364 g/mol. The fourth-order valence-electron chi connectivity index (χ4n) is 6.25. The van der Waals surface area contributed by atoms with Gasteiger partial charge in [0.25, 0.3) is 5.91 Å². The largest absolute Gasteiger partial charge is 0.342 e. The molecule has 2 atom stereocenters. The molecule has 6 heteroatoms. The van der Waals surface area contributed by atoms with E-state index in [1.165, 1.54) is 49.8 Å². The molecule has 2 saturated carbocycles. The second-order valence-electron chi connectivity index (χ2n) is 10.1. The van der Waals surface area contributed by atoms with Crippen LogP contribution in [0.1, 0.15) is 83.5 Å². The van der Waals surface area contributed by atoms with Gasteiger partial charge in [-0.25, -0.2) is 0 Å². The third-order valence-corrected chi connectivity index (χ3v) is 8.05. The van der Waals surface area contributed by atoms with E-state index in [0.29, 0.717) is 11.8 Å². The topological polar surface area (TPSA) is 76.5 Å². The van der Waals surface area contributed by atoms with Crippen molar-refractivity contribution in [2.75, 3.05) is 20.1 Å². The molecule has 0 unspecified atom stereocenters. The molecule has 0 aromatic rings. The van der Waals surface area contributed by atoms with Crippen LogP contribution < -0.4 is 5.32 Å². The van der Waals surface area contributed by atoms with Crippen LogP contribution in [-0.4, -0.2) is 53.2 Å². The Kier molecular flexibility index (Phi) is 6.16. The maximum Gasteiger partial charge on any atom is 0.254 e. The zero-order chi connectivity index (χ0) is 20.4. The number of rotatable bonds is 6. The van der Waals surface area contributed by atoms with Crippen LogP contribution in [0.25, 0.3) is 0 Å². The molecule has 2 aliphatic heterocycles. The van der Waals surface area contributed by atoms with Crippen LogP contribution in [-0.2, 0) is 9.59 Å². The van der Waals surface area contributed by atoms with Crippen LogP contribution in [0.15, 0.2) is 0 Å². The number of hydrogen-bond donors (Lipinski definition) is 2. The van der Waals surface area contributed by atoms with Gasteiger partial charge in [-0.15, -0.1) is 0 Å². The van der Waals surface area contributed by atoms with Crippen molar-refractivity contribution in [2.45, 2.75) is 89.0 Å². The number of nitrogens with zero attached hydrogens (tertiary/aromatic N) is 2. The van der Waals surface area contributed by atoms with Gasteiger partial charge in [0, 0.05) is 26.1 Å². The predicted octanol–water partition coefficient (Wildman–Crippen LogP) is 3.51. The van der Waals surface area contributed by atoms with E-state index in [0.717, 1.165) is 57.5 Å². The second-order valence-corrected chi connectivity index (χ2v) is 10.1. The quantitative estimate of drug-likeness (QED) is 0.714. The first-order valence-corrected chi connectivity index (χ1v) is 11.9. The Balaban J connectivity index is 1.39. The standard InChI is InChI=1S/C23H38N4O2/c1-26-21(29)23(25-22(26)24,13-11-17-7-3-2-4-8-17)15-18-12-14-27(16-18)20(28)19-9-5-6-10-19/h17-19H,2-16H2,1H3,(H2,24,25)/t18-,23-/m0/s1. The van der Waals surface area contributed by atoms with Gasteiger partial charge in [-0.3, -0.25) is 19.9 Å². The monoisotopic (exact) mass is 402 g/mol. The molecule has 4 rings (SSSR count). The first-order valence-electron chi connectivity index (χ1n) is 11.9. The number of guanidine groups is 1. The highest BCUT2D eigenvalue weighted by Gasteiger charge is 2.50. The van der Waals surface area contributed by atoms with Crippen molar-refractivity contribution in [1.29, 1.82) is 5.41 Å². The van der Waals surface area contributed by atoms with Gasteiger partial charge in [0.1, 0.15) is 5.54 Å².